The highest BCUT2D eigenvalue weighted by Gasteiger charge is 2.33. The zero-order valence-electron chi connectivity index (χ0n) is 9.09. The lowest BCUT2D eigenvalue weighted by Crippen LogP contribution is -2.48. The maximum Gasteiger partial charge on any atom is 0.260 e. The lowest BCUT2D eigenvalue weighted by Gasteiger charge is -2.33. The Hall–Kier alpha value is -0.920. The van der Waals surface area contributed by atoms with Gasteiger partial charge in [-0.15, -0.1) is 0 Å². The fourth-order valence-electron chi connectivity index (χ4n) is 1.79. The number of ether oxygens (including phenoxy) is 1. The van der Waals surface area contributed by atoms with Gasteiger partial charge < -0.3 is 4.74 Å². The van der Waals surface area contributed by atoms with Crippen molar-refractivity contribution in [2.24, 2.45) is 0 Å². The number of hydrogen-bond acceptors (Lipinski definition) is 4. The molecule has 0 radical (unpaired) electrons. The summed E-state index contributed by atoms with van der Waals surface area (Å²) in [5.41, 5.74) is 0. The third kappa shape index (κ3) is 1.98. The summed E-state index contributed by atoms with van der Waals surface area (Å²) in [5.74, 6) is 0. The van der Waals surface area contributed by atoms with Crippen LogP contribution in [0.1, 0.15) is 13.3 Å². The summed E-state index contributed by atoms with van der Waals surface area (Å²) < 4.78 is 31.2. The molecule has 1 N–H and O–H groups in total. The number of rotatable bonds is 3. The zero-order chi connectivity index (χ0) is 11.6. The first-order valence-electron chi connectivity index (χ1n) is 5.25. The molecule has 1 atom stereocenters. The summed E-state index contributed by atoms with van der Waals surface area (Å²) in [6.45, 7) is 3.27. The summed E-state index contributed by atoms with van der Waals surface area (Å²) in [6, 6.07) is 1.39. The summed E-state index contributed by atoms with van der Waals surface area (Å²) in [4.78, 5) is 0. The van der Waals surface area contributed by atoms with Crippen molar-refractivity contribution in [1.82, 2.24) is 14.5 Å². The van der Waals surface area contributed by atoms with Crippen molar-refractivity contribution in [1.29, 1.82) is 0 Å². The Morgan fingerprint density at radius 2 is 2.50 bits per heavy atom. The molecule has 0 saturated carbocycles. The molecule has 1 unspecified atom stereocenters. The van der Waals surface area contributed by atoms with Crippen LogP contribution >= 0.6 is 0 Å². The second-order valence-corrected chi connectivity index (χ2v) is 5.53. The molecule has 6 nitrogen and oxygen atoms in total. The maximum absolute atomic E-state index is 12.2. The molecular weight excluding hydrogens is 230 g/mol. The van der Waals surface area contributed by atoms with Crippen LogP contribution < -0.4 is 0 Å². The van der Waals surface area contributed by atoms with E-state index in [2.05, 4.69) is 10.2 Å². The number of aromatic amines is 1. The number of nitrogens with one attached hydrogen (secondary N) is 1. The quantitative estimate of drug-likeness (QED) is 0.826. The van der Waals surface area contributed by atoms with E-state index < -0.39 is 10.0 Å². The smallest absolute Gasteiger partial charge is 0.260 e. The lowest BCUT2D eigenvalue weighted by molar-refractivity contribution is 0.0313. The fourth-order valence-corrected chi connectivity index (χ4v) is 3.36. The number of H-pyrrole nitrogens is 1. The van der Waals surface area contributed by atoms with Crippen molar-refractivity contribution < 1.29 is 13.2 Å². The van der Waals surface area contributed by atoms with E-state index in [0.29, 0.717) is 19.8 Å². The molecule has 0 bridgehead atoms. The predicted octanol–water partition coefficient (Wildman–Crippen LogP) is 0.209. The van der Waals surface area contributed by atoms with Crippen LogP contribution in [0, 0.1) is 0 Å². The lowest BCUT2D eigenvalue weighted by atomic mass is 10.2. The normalized spacial score (nSPS) is 23.4. The van der Waals surface area contributed by atoms with Crippen LogP contribution in [0.15, 0.2) is 17.3 Å². The van der Waals surface area contributed by atoms with E-state index in [0.717, 1.165) is 6.42 Å². The van der Waals surface area contributed by atoms with E-state index >= 15 is 0 Å². The molecule has 1 saturated heterocycles. The Labute approximate surface area is 94.6 Å². The topological polar surface area (TPSA) is 75.3 Å². The number of aromatic nitrogens is 2. The van der Waals surface area contributed by atoms with E-state index in [-0.39, 0.29) is 11.1 Å². The number of nitrogens with zero attached hydrogens (tertiary/aromatic N) is 2. The van der Waals surface area contributed by atoms with Gasteiger partial charge in [-0.25, -0.2) is 8.42 Å². The zero-order valence-corrected chi connectivity index (χ0v) is 9.90. The molecule has 90 valence electrons. The first-order valence-corrected chi connectivity index (χ1v) is 6.69. The third-order valence-corrected chi connectivity index (χ3v) is 4.59. The van der Waals surface area contributed by atoms with Crippen LogP contribution in [0.5, 0.6) is 0 Å². The van der Waals surface area contributed by atoms with Gasteiger partial charge in [-0.2, -0.15) is 9.40 Å². The van der Waals surface area contributed by atoms with Crippen LogP contribution in [0.3, 0.4) is 0 Å². The minimum Gasteiger partial charge on any atom is -0.378 e. The van der Waals surface area contributed by atoms with Crippen LogP contribution in [0.2, 0.25) is 0 Å². The molecular formula is C9H15N3O3S. The van der Waals surface area contributed by atoms with E-state index in [1.54, 1.807) is 0 Å². The first-order chi connectivity index (χ1) is 7.66. The Morgan fingerprint density at radius 3 is 3.12 bits per heavy atom. The van der Waals surface area contributed by atoms with E-state index in [4.69, 9.17) is 4.74 Å². The second-order valence-electron chi connectivity index (χ2n) is 3.67. The molecule has 2 rings (SSSR count). The van der Waals surface area contributed by atoms with Gasteiger partial charge in [0.05, 0.1) is 19.4 Å². The van der Waals surface area contributed by atoms with Crippen molar-refractivity contribution in [2.45, 2.75) is 24.4 Å². The molecule has 7 heteroatoms. The van der Waals surface area contributed by atoms with Crippen molar-refractivity contribution >= 4 is 10.0 Å². The van der Waals surface area contributed by atoms with Crippen molar-refractivity contribution in [3.8, 4) is 0 Å². The van der Waals surface area contributed by atoms with Gasteiger partial charge in [0.15, 0.2) is 5.03 Å². The molecule has 1 aliphatic rings. The van der Waals surface area contributed by atoms with Crippen LogP contribution in [0.4, 0.5) is 0 Å². The summed E-state index contributed by atoms with van der Waals surface area (Å²) >= 11 is 0. The summed E-state index contributed by atoms with van der Waals surface area (Å²) in [7, 11) is -3.44. The molecule has 1 aromatic heterocycles. The van der Waals surface area contributed by atoms with Gasteiger partial charge in [0.2, 0.25) is 0 Å². The van der Waals surface area contributed by atoms with Crippen molar-refractivity contribution in [3.63, 3.8) is 0 Å². The van der Waals surface area contributed by atoms with Gasteiger partial charge in [-0.05, 0) is 12.5 Å². The molecule has 16 heavy (non-hydrogen) atoms. The van der Waals surface area contributed by atoms with Crippen LogP contribution in [0.25, 0.3) is 0 Å². The maximum atomic E-state index is 12.2. The van der Waals surface area contributed by atoms with Crippen molar-refractivity contribution in [3.05, 3.63) is 12.3 Å². The standard InChI is InChI=1S/C9H15N3O3S/c1-2-8-7-15-6-5-12(8)16(13,14)9-3-4-10-11-9/h3-4,8H,2,5-7H2,1H3,(H,10,11). The minimum atomic E-state index is -3.44. The van der Waals surface area contributed by atoms with Gasteiger partial charge in [-0.3, -0.25) is 5.10 Å². The van der Waals surface area contributed by atoms with Gasteiger partial charge in [0, 0.05) is 12.6 Å². The van der Waals surface area contributed by atoms with Gasteiger partial charge >= 0.3 is 0 Å². The highest BCUT2D eigenvalue weighted by molar-refractivity contribution is 7.89. The van der Waals surface area contributed by atoms with Crippen LogP contribution in [-0.4, -0.2) is 48.7 Å². The highest BCUT2D eigenvalue weighted by Crippen LogP contribution is 2.20. The Morgan fingerprint density at radius 1 is 1.69 bits per heavy atom. The second kappa shape index (κ2) is 4.52. The van der Waals surface area contributed by atoms with Gasteiger partial charge in [0.1, 0.15) is 0 Å². The largest absolute Gasteiger partial charge is 0.378 e. The fraction of sp³-hybridized carbons (Fsp3) is 0.667. The van der Waals surface area contributed by atoms with Crippen LogP contribution in [-0.2, 0) is 14.8 Å². The van der Waals surface area contributed by atoms with E-state index in [1.807, 2.05) is 6.92 Å². The first kappa shape index (κ1) is 11.6. The third-order valence-electron chi connectivity index (χ3n) is 2.71. The number of morpholine rings is 1. The minimum absolute atomic E-state index is 0.0814. The molecule has 0 aliphatic carbocycles. The molecule has 1 fully saturated rings. The predicted molar refractivity (Wildman–Crippen MR) is 57.4 cm³/mol. The van der Waals surface area contributed by atoms with Gasteiger partial charge in [0.25, 0.3) is 10.0 Å². The van der Waals surface area contributed by atoms with Gasteiger partial charge in [-0.1, -0.05) is 6.92 Å². The summed E-state index contributed by atoms with van der Waals surface area (Å²) in [6.07, 6.45) is 2.18. The van der Waals surface area contributed by atoms with E-state index in [9.17, 15) is 8.42 Å². The summed E-state index contributed by atoms with van der Waals surface area (Å²) in [5, 5.41) is 6.32. The average Bonchev–Trinajstić information content (AvgIpc) is 2.83. The van der Waals surface area contributed by atoms with Crippen molar-refractivity contribution in [2.75, 3.05) is 19.8 Å². The Balaban J connectivity index is 2.28. The Kier molecular flexibility index (Phi) is 3.27. The molecule has 2 heterocycles. The highest BCUT2D eigenvalue weighted by atomic mass is 32.2. The monoisotopic (exact) mass is 245 g/mol. The molecule has 0 amide bonds. The van der Waals surface area contributed by atoms with E-state index in [1.165, 1.54) is 16.6 Å². The molecule has 1 aromatic rings. The number of sulfonamides is 1. The SMILES string of the molecule is CCC1COCCN1S(=O)(=O)c1ccn[nH]1. The Bertz CT molecular complexity index is 429. The molecule has 0 spiro atoms. The number of hydrogen-bond donors (Lipinski definition) is 1. The molecule has 1 aliphatic heterocycles. The average molecular weight is 245 g/mol. The molecule has 0 aromatic carbocycles.